The number of hydrogen-bond acceptors (Lipinski definition) is 4. The number of alkyl halides is 3. The molecule has 0 radical (unpaired) electrons. The number of piperidine rings is 1. The normalized spacial score (nSPS) is 16.4. The maximum atomic E-state index is 13.5. The Labute approximate surface area is 148 Å². The van der Waals surface area contributed by atoms with E-state index in [-0.39, 0.29) is 29.2 Å². The number of carboxylic acid groups (broad SMARTS) is 1. The Balaban J connectivity index is 1.90. The molecule has 9 heteroatoms. The Morgan fingerprint density at radius 3 is 2.62 bits per heavy atom. The molecule has 6 nitrogen and oxygen atoms in total. The molecule has 26 heavy (non-hydrogen) atoms. The molecule has 3 rings (SSSR count). The third-order valence-corrected chi connectivity index (χ3v) is 4.69. The van der Waals surface area contributed by atoms with Crippen molar-refractivity contribution in [3.63, 3.8) is 0 Å². The van der Waals surface area contributed by atoms with Gasteiger partial charge in [0, 0.05) is 32.3 Å². The smallest absolute Gasteiger partial charge is 0.417 e. The number of aryl methyl sites for hydroxylation is 1. The van der Waals surface area contributed by atoms with E-state index in [4.69, 9.17) is 5.11 Å². The minimum absolute atomic E-state index is 0.00969. The number of anilines is 1. The van der Waals surface area contributed by atoms with Crippen molar-refractivity contribution < 1.29 is 23.1 Å². The lowest BCUT2D eigenvalue weighted by atomic mass is 9.93. The molecule has 1 aliphatic rings. The van der Waals surface area contributed by atoms with Crippen LogP contribution in [0.3, 0.4) is 0 Å². The Morgan fingerprint density at radius 1 is 1.35 bits per heavy atom. The topological polar surface area (TPSA) is 71.2 Å². The van der Waals surface area contributed by atoms with Gasteiger partial charge < -0.3 is 10.0 Å². The fourth-order valence-corrected chi connectivity index (χ4v) is 3.38. The molecule has 0 bridgehead atoms. The molecule has 0 aromatic carbocycles. The lowest BCUT2D eigenvalue weighted by Crippen LogP contribution is -2.35. The van der Waals surface area contributed by atoms with Crippen LogP contribution in [-0.2, 0) is 17.5 Å². The molecule has 2 aromatic rings. The second kappa shape index (κ2) is 7.13. The predicted molar refractivity (Wildman–Crippen MR) is 90.0 cm³/mol. The van der Waals surface area contributed by atoms with E-state index in [2.05, 4.69) is 10.1 Å². The zero-order valence-electron chi connectivity index (χ0n) is 14.5. The molecule has 0 amide bonds. The molecule has 142 valence electrons. The molecule has 0 spiro atoms. The van der Waals surface area contributed by atoms with Crippen LogP contribution in [0.4, 0.5) is 19.0 Å². The largest absolute Gasteiger partial charge is 0.481 e. The summed E-state index contributed by atoms with van der Waals surface area (Å²) in [4.78, 5) is 16.9. The van der Waals surface area contributed by atoms with Crippen LogP contribution in [0, 0.1) is 5.92 Å². The van der Waals surface area contributed by atoms with Crippen LogP contribution in [-0.4, -0.2) is 38.9 Å². The molecule has 1 aliphatic heterocycles. The van der Waals surface area contributed by atoms with Crippen LogP contribution in [0.25, 0.3) is 11.0 Å². The Hall–Kier alpha value is -2.32. The van der Waals surface area contributed by atoms with E-state index < -0.39 is 17.7 Å². The summed E-state index contributed by atoms with van der Waals surface area (Å²) in [5.41, 5.74) is -0.636. The average Bonchev–Trinajstić information content (AvgIpc) is 2.95. The van der Waals surface area contributed by atoms with Gasteiger partial charge in [0.15, 0.2) is 5.65 Å². The SMILES string of the molecule is CCCn1cc2c(C(F)(F)F)cc(N3CCC(CC(=O)O)CC3)nc2n1. The lowest BCUT2D eigenvalue weighted by Gasteiger charge is -2.32. The van der Waals surface area contributed by atoms with Gasteiger partial charge in [0.05, 0.1) is 10.9 Å². The van der Waals surface area contributed by atoms with Crippen LogP contribution < -0.4 is 4.90 Å². The van der Waals surface area contributed by atoms with Gasteiger partial charge >= 0.3 is 12.1 Å². The number of aromatic nitrogens is 3. The number of nitrogens with zero attached hydrogens (tertiary/aromatic N) is 4. The van der Waals surface area contributed by atoms with Gasteiger partial charge in [-0.2, -0.15) is 18.3 Å². The molecular weight excluding hydrogens is 349 g/mol. The van der Waals surface area contributed by atoms with Crippen molar-refractivity contribution in [2.24, 2.45) is 5.92 Å². The highest BCUT2D eigenvalue weighted by atomic mass is 19.4. The molecule has 0 aliphatic carbocycles. The summed E-state index contributed by atoms with van der Waals surface area (Å²) < 4.78 is 42.0. The van der Waals surface area contributed by atoms with Gasteiger partial charge in [0.1, 0.15) is 5.82 Å². The van der Waals surface area contributed by atoms with E-state index in [0.29, 0.717) is 32.5 Å². The first-order valence-electron chi connectivity index (χ1n) is 8.70. The number of hydrogen-bond donors (Lipinski definition) is 1. The summed E-state index contributed by atoms with van der Waals surface area (Å²) in [5.74, 6) is -0.539. The summed E-state index contributed by atoms with van der Waals surface area (Å²) in [5, 5.41) is 13.1. The number of fused-ring (bicyclic) bond motifs is 1. The van der Waals surface area contributed by atoms with Gasteiger partial charge in [0.2, 0.25) is 0 Å². The summed E-state index contributed by atoms with van der Waals surface area (Å²) >= 11 is 0. The van der Waals surface area contributed by atoms with E-state index in [9.17, 15) is 18.0 Å². The molecule has 0 saturated carbocycles. The van der Waals surface area contributed by atoms with E-state index in [0.717, 1.165) is 12.5 Å². The van der Waals surface area contributed by atoms with Gasteiger partial charge in [-0.1, -0.05) is 6.92 Å². The molecule has 3 heterocycles. The Morgan fingerprint density at radius 2 is 2.04 bits per heavy atom. The van der Waals surface area contributed by atoms with E-state index in [1.807, 2.05) is 6.92 Å². The molecule has 1 fully saturated rings. The van der Waals surface area contributed by atoms with Crippen molar-refractivity contribution in [1.82, 2.24) is 14.8 Å². The summed E-state index contributed by atoms with van der Waals surface area (Å²) in [7, 11) is 0. The summed E-state index contributed by atoms with van der Waals surface area (Å²) in [6.07, 6.45) is -0.987. The molecule has 0 atom stereocenters. The number of rotatable bonds is 5. The fraction of sp³-hybridized carbons (Fsp3) is 0.588. The van der Waals surface area contributed by atoms with Crippen molar-refractivity contribution >= 4 is 22.8 Å². The van der Waals surface area contributed by atoms with Crippen molar-refractivity contribution in [3.05, 3.63) is 17.8 Å². The van der Waals surface area contributed by atoms with Gasteiger partial charge in [-0.05, 0) is 31.2 Å². The van der Waals surface area contributed by atoms with Crippen molar-refractivity contribution in [2.75, 3.05) is 18.0 Å². The molecule has 2 aromatic heterocycles. The number of carboxylic acids is 1. The second-order valence-electron chi connectivity index (χ2n) is 6.68. The third-order valence-electron chi connectivity index (χ3n) is 4.69. The third kappa shape index (κ3) is 3.91. The fourth-order valence-electron chi connectivity index (χ4n) is 3.38. The lowest BCUT2D eigenvalue weighted by molar-refractivity contribution is -0.138. The molecule has 1 N–H and O–H groups in total. The monoisotopic (exact) mass is 370 g/mol. The first kappa shape index (κ1) is 18.5. The average molecular weight is 370 g/mol. The van der Waals surface area contributed by atoms with Crippen molar-refractivity contribution in [1.29, 1.82) is 0 Å². The highest BCUT2D eigenvalue weighted by molar-refractivity contribution is 5.81. The van der Waals surface area contributed by atoms with E-state index >= 15 is 0 Å². The van der Waals surface area contributed by atoms with Crippen LogP contribution >= 0.6 is 0 Å². The van der Waals surface area contributed by atoms with Gasteiger partial charge in [0.25, 0.3) is 0 Å². The predicted octanol–water partition coefficient (Wildman–Crippen LogP) is 3.55. The van der Waals surface area contributed by atoms with Crippen LogP contribution in [0.15, 0.2) is 12.3 Å². The Bertz CT molecular complexity index is 795. The van der Waals surface area contributed by atoms with Crippen molar-refractivity contribution in [2.45, 2.75) is 45.3 Å². The van der Waals surface area contributed by atoms with Gasteiger partial charge in [-0.25, -0.2) is 4.98 Å². The molecular formula is C17H21F3N4O2. The zero-order chi connectivity index (χ0) is 18.9. The van der Waals surface area contributed by atoms with Crippen LogP contribution in [0.1, 0.15) is 38.2 Å². The van der Waals surface area contributed by atoms with Crippen LogP contribution in [0.5, 0.6) is 0 Å². The highest BCUT2D eigenvalue weighted by Crippen LogP contribution is 2.37. The first-order chi connectivity index (χ1) is 12.3. The molecule has 0 unspecified atom stereocenters. The second-order valence-corrected chi connectivity index (χ2v) is 6.68. The number of carbonyl (C=O) groups is 1. The van der Waals surface area contributed by atoms with Crippen LogP contribution in [0.2, 0.25) is 0 Å². The zero-order valence-corrected chi connectivity index (χ0v) is 14.5. The van der Waals surface area contributed by atoms with Gasteiger partial charge in [-0.15, -0.1) is 0 Å². The highest BCUT2D eigenvalue weighted by Gasteiger charge is 2.35. The number of halogens is 3. The Kier molecular flexibility index (Phi) is 5.06. The quantitative estimate of drug-likeness (QED) is 0.872. The van der Waals surface area contributed by atoms with E-state index in [1.54, 1.807) is 4.90 Å². The minimum atomic E-state index is -4.49. The first-order valence-corrected chi connectivity index (χ1v) is 8.70. The minimum Gasteiger partial charge on any atom is -0.481 e. The van der Waals surface area contributed by atoms with Crippen molar-refractivity contribution in [3.8, 4) is 0 Å². The summed E-state index contributed by atoms with van der Waals surface area (Å²) in [6.45, 7) is 3.44. The van der Waals surface area contributed by atoms with Gasteiger partial charge in [-0.3, -0.25) is 9.48 Å². The number of aliphatic carboxylic acids is 1. The molecule has 1 saturated heterocycles. The maximum absolute atomic E-state index is 13.5. The maximum Gasteiger partial charge on any atom is 0.417 e. The standard InChI is InChI=1S/C17H21F3N4O2/c1-2-5-24-10-12-13(17(18,19)20)9-14(21-16(12)22-24)23-6-3-11(4-7-23)8-15(25)26/h9-11H,2-8H2,1H3,(H,25,26). The summed E-state index contributed by atoms with van der Waals surface area (Å²) in [6, 6.07) is 1.08. The van der Waals surface area contributed by atoms with E-state index in [1.165, 1.54) is 10.9 Å². The number of pyridine rings is 1.